The second-order valence-electron chi connectivity index (χ2n) is 6.58. The molecule has 2 aromatic heterocycles. The third kappa shape index (κ3) is 3.73. The highest BCUT2D eigenvalue weighted by Gasteiger charge is 2.13. The Morgan fingerprint density at radius 1 is 1.08 bits per heavy atom. The molecule has 1 fully saturated rings. The number of H-pyrrole nitrogens is 1. The molecule has 0 unspecified atom stereocenters. The van der Waals surface area contributed by atoms with E-state index in [1.54, 1.807) is 6.20 Å². The summed E-state index contributed by atoms with van der Waals surface area (Å²) in [5.74, 6) is 1.55. The van der Waals surface area contributed by atoms with Gasteiger partial charge < -0.3 is 15.2 Å². The van der Waals surface area contributed by atoms with Gasteiger partial charge in [0.2, 0.25) is 5.95 Å². The Kier molecular flexibility index (Phi) is 4.77. The van der Waals surface area contributed by atoms with E-state index < -0.39 is 0 Å². The van der Waals surface area contributed by atoms with Gasteiger partial charge in [0.05, 0.1) is 6.20 Å². The van der Waals surface area contributed by atoms with Crippen LogP contribution in [0.1, 0.15) is 31.2 Å². The molecule has 130 valence electrons. The predicted octanol–water partition coefficient (Wildman–Crippen LogP) is 3.39. The highest BCUT2D eigenvalue weighted by Crippen LogP contribution is 2.19. The number of aromatic amines is 1. The largest absolute Gasteiger partial charge is 0.368 e. The van der Waals surface area contributed by atoms with Crippen LogP contribution in [-0.2, 0) is 6.42 Å². The van der Waals surface area contributed by atoms with Gasteiger partial charge >= 0.3 is 0 Å². The molecule has 25 heavy (non-hydrogen) atoms. The summed E-state index contributed by atoms with van der Waals surface area (Å²) < 4.78 is 0. The van der Waals surface area contributed by atoms with Crippen molar-refractivity contribution in [1.82, 2.24) is 20.2 Å². The average molecular weight is 336 g/mol. The number of para-hydroxylation sites is 1. The Hall–Kier alpha value is -2.63. The van der Waals surface area contributed by atoms with E-state index in [0.717, 1.165) is 37.8 Å². The van der Waals surface area contributed by atoms with Crippen molar-refractivity contribution in [3.05, 3.63) is 42.2 Å². The van der Waals surface area contributed by atoms with Crippen molar-refractivity contribution >= 4 is 22.7 Å². The van der Waals surface area contributed by atoms with Crippen LogP contribution >= 0.6 is 0 Å². The first-order chi connectivity index (χ1) is 12.4. The van der Waals surface area contributed by atoms with Crippen molar-refractivity contribution in [2.75, 3.05) is 29.9 Å². The van der Waals surface area contributed by atoms with Crippen molar-refractivity contribution in [2.45, 2.75) is 32.1 Å². The maximum Gasteiger partial charge on any atom is 0.247 e. The molecule has 6 nitrogen and oxygen atoms in total. The first kappa shape index (κ1) is 15.9. The molecule has 1 aliphatic heterocycles. The summed E-state index contributed by atoms with van der Waals surface area (Å²) >= 11 is 0. The second-order valence-corrected chi connectivity index (χ2v) is 6.58. The molecule has 0 amide bonds. The number of rotatable bonds is 5. The summed E-state index contributed by atoms with van der Waals surface area (Å²) in [6.45, 7) is 2.88. The summed E-state index contributed by atoms with van der Waals surface area (Å²) in [5.41, 5.74) is 2.50. The Balaban J connectivity index is 1.38. The Morgan fingerprint density at radius 2 is 1.92 bits per heavy atom. The number of aromatic nitrogens is 4. The number of nitrogens with zero attached hydrogens (tertiary/aromatic N) is 4. The van der Waals surface area contributed by atoms with Gasteiger partial charge in [0.15, 0.2) is 5.82 Å². The molecule has 3 heterocycles. The average Bonchev–Trinajstić information content (AvgIpc) is 2.88. The minimum absolute atomic E-state index is 0.749. The summed E-state index contributed by atoms with van der Waals surface area (Å²) in [6.07, 6.45) is 9.75. The lowest BCUT2D eigenvalue weighted by Gasteiger charge is -2.19. The third-order valence-corrected chi connectivity index (χ3v) is 4.81. The van der Waals surface area contributed by atoms with E-state index in [9.17, 15) is 0 Å². The van der Waals surface area contributed by atoms with Crippen LogP contribution in [0.5, 0.6) is 0 Å². The molecule has 0 saturated carbocycles. The van der Waals surface area contributed by atoms with Crippen LogP contribution in [-0.4, -0.2) is 39.8 Å². The zero-order valence-corrected chi connectivity index (χ0v) is 14.4. The SMILES string of the molecule is c1ccc2c(CCNc3cnnc(N4CCCCCC4)n3)c[nH]c2c1. The zero-order valence-electron chi connectivity index (χ0n) is 14.4. The Bertz CT molecular complexity index is 819. The fourth-order valence-electron chi connectivity index (χ4n) is 3.45. The van der Waals surface area contributed by atoms with Crippen LogP contribution in [0.4, 0.5) is 11.8 Å². The van der Waals surface area contributed by atoms with E-state index in [2.05, 4.69) is 60.8 Å². The maximum absolute atomic E-state index is 4.65. The van der Waals surface area contributed by atoms with Crippen molar-refractivity contribution in [3.8, 4) is 0 Å². The molecule has 2 N–H and O–H groups in total. The van der Waals surface area contributed by atoms with Crippen LogP contribution in [0.3, 0.4) is 0 Å². The molecule has 0 radical (unpaired) electrons. The Morgan fingerprint density at radius 3 is 2.80 bits per heavy atom. The van der Waals surface area contributed by atoms with E-state index in [0.29, 0.717) is 0 Å². The number of benzene rings is 1. The van der Waals surface area contributed by atoms with Crippen molar-refractivity contribution in [3.63, 3.8) is 0 Å². The second kappa shape index (κ2) is 7.51. The lowest BCUT2D eigenvalue weighted by molar-refractivity contribution is 0.726. The van der Waals surface area contributed by atoms with Gasteiger partial charge in [-0.2, -0.15) is 10.1 Å². The van der Waals surface area contributed by atoms with Crippen molar-refractivity contribution in [2.24, 2.45) is 0 Å². The molecular formula is C19H24N6. The standard InChI is InChI=1S/C19H24N6/c1-2-6-12-25(11-5-1)19-23-18(14-22-24-19)20-10-9-15-13-21-17-8-4-3-7-16(15)17/h3-4,7-8,13-14,21H,1-2,5-6,9-12H2,(H,20,23,24). The van der Waals surface area contributed by atoms with Gasteiger partial charge in [0, 0.05) is 36.7 Å². The molecule has 1 saturated heterocycles. The molecule has 1 aliphatic rings. The molecule has 1 aromatic carbocycles. The molecule has 0 spiro atoms. The molecule has 4 rings (SSSR count). The molecule has 6 heteroatoms. The van der Waals surface area contributed by atoms with Crippen LogP contribution in [0.2, 0.25) is 0 Å². The van der Waals surface area contributed by atoms with Crippen LogP contribution in [0.25, 0.3) is 10.9 Å². The van der Waals surface area contributed by atoms with E-state index in [4.69, 9.17) is 0 Å². The van der Waals surface area contributed by atoms with Gasteiger partial charge in [-0.15, -0.1) is 5.10 Å². The Labute approximate surface area is 147 Å². The van der Waals surface area contributed by atoms with Gasteiger partial charge in [0.25, 0.3) is 0 Å². The number of fused-ring (bicyclic) bond motifs is 1. The summed E-state index contributed by atoms with van der Waals surface area (Å²) in [5, 5.41) is 13.0. The summed E-state index contributed by atoms with van der Waals surface area (Å²) in [6, 6.07) is 8.39. The molecular weight excluding hydrogens is 312 g/mol. The topological polar surface area (TPSA) is 69.7 Å². The van der Waals surface area contributed by atoms with Gasteiger partial charge in [-0.3, -0.25) is 0 Å². The number of hydrogen-bond donors (Lipinski definition) is 2. The summed E-state index contributed by atoms with van der Waals surface area (Å²) in [7, 11) is 0. The quantitative estimate of drug-likeness (QED) is 0.747. The fraction of sp³-hybridized carbons (Fsp3) is 0.421. The lowest BCUT2D eigenvalue weighted by Crippen LogP contribution is -2.26. The van der Waals surface area contributed by atoms with Crippen LogP contribution in [0.15, 0.2) is 36.7 Å². The fourth-order valence-corrected chi connectivity index (χ4v) is 3.45. The van der Waals surface area contributed by atoms with Crippen molar-refractivity contribution in [1.29, 1.82) is 0 Å². The maximum atomic E-state index is 4.65. The van der Waals surface area contributed by atoms with E-state index >= 15 is 0 Å². The number of hydrogen-bond acceptors (Lipinski definition) is 5. The smallest absolute Gasteiger partial charge is 0.247 e. The van der Waals surface area contributed by atoms with E-state index in [1.165, 1.54) is 42.1 Å². The monoisotopic (exact) mass is 336 g/mol. The third-order valence-electron chi connectivity index (χ3n) is 4.81. The van der Waals surface area contributed by atoms with E-state index in [-0.39, 0.29) is 0 Å². The first-order valence-electron chi connectivity index (χ1n) is 9.14. The lowest BCUT2D eigenvalue weighted by atomic mass is 10.1. The summed E-state index contributed by atoms with van der Waals surface area (Å²) in [4.78, 5) is 10.2. The molecule has 3 aromatic rings. The normalized spacial score (nSPS) is 15.3. The zero-order chi connectivity index (χ0) is 16.9. The van der Waals surface area contributed by atoms with Crippen molar-refractivity contribution < 1.29 is 0 Å². The van der Waals surface area contributed by atoms with Crippen LogP contribution in [0, 0.1) is 0 Å². The van der Waals surface area contributed by atoms with Gasteiger partial charge in [0.1, 0.15) is 0 Å². The van der Waals surface area contributed by atoms with Crippen LogP contribution < -0.4 is 10.2 Å². The first-order valence-corrected chi connectivity index (χ1v) is 9.14. The van der Waals surface area contributed by atoms with Gasteiger partial charge in [-0.05, 0) is 30.9 Å². The molecule has 0 bridgehead atoms. The molecule has 0 atom stereocenters. The predicted molar refractivity (Wildman–Crippen MR) is 101 cm³/mol. The number of anilines is 2. The highest BCUT2D eigenvalue weighted by molar-refractivity contribution is 5.83. The van der Waals surface area contributed by atoms with Gasteiger partial charge in [-0.25, -0.2) is 0 Å². The number of nitrogens with one attached hydrogen (secondary N) is 2. The van der Waals surface area contributed by atoms with E-state index in [1.807, 2.05) is 0 Å². The molecule has 0 aliphatic carbocycles. The minimum atomic E-state index is 0.749. The minimum Gasteiger partial charge on any atom is -0.368 e. The van der Waals surface area contributed by atoms with Gasteiger partial charge in [-0.1, -0.05) is 31.0 Å². The highest BCUT2D eigenvalue weighted by atomic mass is 15.3.